The van der Waals surface area contributed by atoms with E-state index in [0.717, 1.165) is 77.6 Å². The van der Waals surface area contributed by atoms with Gasteiger partial charge in [-0.2, -0.15) is 0 Å². The molecular formula is C58H36N4O. The van der Waals surface area contributed by atoms with Crippen molar-refractivity contribution in [3.05, 3.63) is 241 Å². The lowest BCUT2D eigenvalue weighted by atomic mass is 9.70. The third-order valence-electron chi connectivity index (χ3n) is 12.9. The zero-order valence-corrected chi connectivity index (χ0v) is 34.0. The average Bonchev–Trinajstić information content (AvgIpc) is 4.01. The van der Waals surface area contributed by atoms with E-state index in [-0.39, 0.29) is 0 Å². The van der Waals surface area contributed by atoms with E-state index in [1.54, 1.807) is 0 Å². The van der Waals surface area contributed by atoms with Crippen molar-refractivity contribution in [3.63, 3.8) is 0 Å². The predicted molar refractivity (Wildman–Crippen MR) is 255 cm³/mol. The zero-order valence-electron chi connectivity index (χ0n) is 34.0. The normalized spacial score (nSPS) is 12.9. The Morgan fingerprint density at radius 1 is 0.365 bits per heavy atom. The van der Waals surface area contributed by atoms with Crippen molar-refractivity contribution in [3.8, 4) is 50.7 Å². The lowest BCUT2D eigenvalue weighted by Crippen LogP contribution is -2.32. The number of hydrogen-bond acceptors (Lipinski definition) is 4. The van der Waals surface area contributed by atoms with Crippen molar-refractivity contribution in [2.45, 2.75) is 5.41 Å². The van der Waals surface area contributed by atoms with Crippen LogP contribution in [0.2, 0.25) is 0 Å². The van der Waals surface area contributed by atoms with E-state index in [1.165, 1.54) is 21.9 Å². The summed E-state index contributed by atoms with van der Waals surface area (Å²) in [5.74, 6) is 1.85. The molecule has 12 aromatic rings. The number of para-hydroxylation sites is 2. The molecule has 0 unspecified atom stereocenters. The molecule has 0 atom stereocenters. The second-order valence-corrected chi connectivity index (χ2v) is 16.3. The molecule has 0 saturated carbocycles. The Kier molecular flexibility index (Phi) is 7.75. The second-order valence-electron chi connectivity index (χ2n) is 16.3. The van der Waals surface area contributed by atoms with Crippen LogP contribution in [0.5, 0.6) is 0 Å². The predicted octanol–water partition coefficient (Wildman–Crippen LogP) is 14.2. The minimum absolute atomic E-state index is 0.596. The van der Waals surface area contributed by atoms with Gasteiger partial charge in [0.1, 0.15) is 16.6 Å². The van der Waals surface area contributed by atoms with Gasteiger partial charge in [-0.15, -0.1) is 0 Å². The van der Waals surface area contributed by atoms with E-state index in [1.807, 2.05) is 30.3 Å². The number of hydrogen-bond donors (Lipinski definition) is 0. The van der Waals surface area contributed by atoms with E-state index in [9.17, 15) is 0 Å². The van der Waals surface area contributed by atoms with Crippen LogP contribution in [0.3, 0.4) is 0 Å². The van der Waals surface area contributed by atoms with E-state index in [2.05, 4.69) is 193 Å². The number of furan rings is 1. The van der Waals surface area contributed by atoms with E-state index < -0.39 is 5.41 Å². The molecule has 0 bridgehead atoms. The maximum atomic E-state index is 6.58. The fraction of sp³-hybridized carbons (Fsp3) is 0.0172. The topological polar surface area (TPSA) is 56.7 Å². The van der Waals surface area contributed by atoms with Gasteiger partial charge in [0.25, 0.3) is 0 Å². The third kappa shape index (κ3) is 5.27. The van der Waals surface area contributed by atoms with Crippen LogP contribution >= 0.6 is 0 Å². The Morgan fingerprint density at radius 3 is 1.71 bits per heavy atom. The molecule has 5 nitrogen and oxygen atoms in total. The third-order valence-corrected chi connectivity index (χ3v) is 12.9. The monoisotopic (exact) mass is 804 g/mol. The fourth-order valence-corrected chi connectivity index (χ4v) is 10.2. The molecule has 0 fully saturated rings. The first-order valence-corrected chi connectivity index (χ1v) is 21.4. The van der Waals surface area contributed by atoms with Gasteiger partial charge in [-0.25, -0.2) is 15.0 Å². The molecule has 5 heteroatoms. The largest absolute Gasteiger partial charge is 0.456 e. The Labute approximate surface area is 363 Å². The first kappa shape index (κ1) is 35.4. The molecule has 0 N–H and O–H groups in total. The molecule has 0 saturated heterocycles. The Morgan fingerprint density at radius 2 is 0.937 bits per heavy atom. The maximum Gasteiger partial charge on any atom is 0.163 e. The van der Waals surface area contributed by atoms with Gasteiger partial charge in [-0.1, -0.05) is 176 Å². The summed E-state index contributed by atoms with van der Waals surface area (Å²) in [6.07, 6.45) is 0. The molecule has 294 valence electrons. The van der Waals surface area contributed by atoms with E-state index >= 15 is 0 Å². The molecule has 1 aliphatic rings. The highest BCUT2D eigenvalue weighted by molar-refractivity contribution is 6.11. The Hall–Kier alpha value is -8.41. The van der Waals surface area contributed by atoms with Crippen LogP contribution in [-0.4, -0.2) is 19.5 Å². The van der Waals surface area contributed by atoms with Crippen LogP contribution in [0.15, 0.2) is 223 Å². The van der Waals surface area contributed by atoms with Crippen LogP contribution < -0.4 is 0 Å². The van der Waals surface area contributed by atoms with Crippen molar-refractivity contribution in [2.75, 3.05) is 0 Å². The Balaban J connectivity index is 1.09. The van der Waals surface area contributed by atoms with Crippen molar-refractivity contribution in [1.29, 1.82) is 0 Å². The molecule has 0 radical (unpaired) electrons. The first-order chi connectivity index (χ1) is 31.2. The number of rotatable bonds is 6. The number of aromatic nitrogens is 4. The van der Waals surface area contributed by atoms with Crippen LogP contribution in [0.1, 0.15) is 22.5 Å². The van der Waals surface area contributed by atoms with Crippen molar-refractivity contribution in [2.24, 2.45) is 0 Å². The van der Waals surface area contributed by atoms with Crippen molar-refractivity contribution in [1.82, 2.24) is 19.5 Å². The van der Waals surface area contributed by atoms with Gasteiger partial charge in [0.2, 0.25) is 0 Å². The maximum absolute atomic E-state index is 6.58. The van der Waals surface area contributed by atoms with Crippen molar-refractivity contribution >= 4 is 43.7 Å². The lowest BCUT2D eigenvalue weighted by molar-refractivity contribution is 0.665. The zero-order chi connectivity index (χ0) is 41.5. The molecule has 3 heterocycles. The number of nitrogens with zero attached hydrogens (tertiary/aromatic N) is 4. The highest BCUT2D eigenvalue weighted by Crippen LogP contribution is 2.57. The standard InChI is InChI=1S/C58H36N4O/c1-3-17-37(18-4-1)39-33-34-51-46(36-39)44-25-9-13-30-50(44)62(51)41-22-15-21-40(35-41)56-59-55(38-19-5-2-6-20-38)60-57(61-56)58(47-27-11-7-23-42(47)43-24-8-12-28-48(43)58)49-29-16-32-53-54(49)45-26-10-14-31-52(45)63-53/h1-36H. The summed E-state index contributed by atoms with van der Waals surface area (Å²) in [7, 11) is 0. The quantitative estimate of drug-likeness (QED) is 0.168. The second kappa shape index (κ2) is 13.8. The van der Waals surface area contributed by atoms with E-state index in [0.29, 0.717) is 17.5 Å². The minimum atomic E-state index is -0.929. The molecule has 63 heavy (non-hydrogen) atoms. The minimum Gasteiger partial charge on any atom is -0.456 e. The van der Waals surface area contributed by atoms with Crippen LogP contribution in [0.25, 0.3) is 94.5 Å². The molecular weight excluding hydrogens is 769 g/mol. The number of benzene rings is 9. The van der Waals surface area contributed by atoms with Gasteiger partial charge in [0, 0.05) is 38.4 Å². The summed E-state index contributed by atoms with van der Waals surface area (Å²) in [5.41, 5.74) is 13.8. The van der Waals surface area contributed by atoms with E-state index in [4.69, 9.17) is 19.4 Å². The van der Waals surface area contributed by atoms with Crippen molar-refractivity contribution < 1.29 is 4.42 Å². The lowest BCUT2D eigenvalue weighted by Gasteiger charge is -2.32. The van der Waals surface area contributed by atoms with Gasteiger partial charge in [0.05, 0.1) is 11.0 Å². The van der Waals surface area contributed by atoms with Crippen LogP contribution in [-0.2, 0) is 5.41 Å². The van der Waals surface area contributed by atoms with Gasteiger partial charge in [-0.05, 0) is 81.4 Å². The first-order valence-electron chi connectivity index (χ1n) is 21.4. The summed E-state index contributed by atoms with van der Waals surface area (Å²) >= 11 is 0. The molecule has 0 amide bonds. The highest BCUT2D eigenvalue weighted by Gasteiger charge is 2.50. The summed E-state index contributed by atoms with van der Waals surface area (Å²) < 4.78 is 8.94. The number of fused-ring (bicyclic) bond motifs is 9. The van der Waals surface area contributed by atoms with Gasteiger partial charge in [0.15, 0.2) is 17.5 Å². The average molecular weight is 805 g/mol. The molecule has 9 aromatic carbocycles. The SMILES string of the molecule is c1ccc(-c2ccc3c(c2)c2ccccc2n3-c2cccc(-c3nc(-c4ccccc4)nc(C4(c5cccc6oc7ccccc7c56)c5ccccc5-c5ccccc54)n3)c2)cc1. The highest BCUT2D eigenvalue weighted by atomic mass is 16.3. The summed E-state index contributed by atoms with van der Waals surface area (Å²) in [6.45, 7) is 0. The Bertz CT molecular complexity index is 3710. The molecule has 13 rings (SSSR count). The smallest absolute Gasteiger partial charge is 0.163 e. The van der Waals surface area contributed by atoms with Gasteiger partial charge >= 0.3 is 0 Å². The molecule has 1 aliphatic carbocycles. The fourth-order valence-electron chi connectivity index (χ4n) is 10.2. The van der Waals surface area contributed by atoms with Gasteiger partial charge in [-0.3, -0.25) is 0 Å². The summed E-state index contributed by atoms with van der Waals surface area (Å²) in [6, 6.07) is 77.1. The summed E-state index contributed by atoms with van der Waals surface area (Å²) in [4.78, 5) is 16.5. The molecule has 0 spiro atoms. The van der Waals surface area contributed by atoms with Crippen LogP contribution in [0.4, 0.5) is 0 Å². The van der Waals surface area contributed by atoms with Crippen LogP contribution in [0, 0.1) is 0 Å². The summed E-state index contributed by atoms with van der Waals surface area (Å²) in [5, 5.41) is 4.50. The van der Waals surface area contributed by atoms with Gasteiger partial charge < -0.3 is 8.98 Å². The molecule has 0 aliphatic heterocycles. The molecule has 3 aromatic heterocycles.